The molecule has 1 aliphatic rings. The monoisotopic (exact) mass is 239 g/mol. The highest BCUT2D eigenvalue weighted by atomic mass is 19.1. The number of benzene rings is 1. The van der Waals surface area contributed by atoms with Gasteiger partial charge in [-0.05, 0) is 31.5 Å². The normalized spacial score (nSPS) is 24.6. The molecule has 0 spiro atoms. The first-order valence-corrected chi connectivity index (χ1v) is 5.99. The molecule has 4 heteroatoms. The summed E-state index contributed by atoms with van der Waals surface area (Å²) in [6.45, 7) is 5.80. The SMILES string of the molecule is CCOc1ccc(C2NCCOC2C)cc1F. The molecule has 1 heterocycles. The molecular formula is C13H18FNO2. The molecule has 1 saturated heterocycles. The molecule has 3 nitrogen and oxygen atoms in total. The first kappa shape index (κ1) is 12.3. The van der Waals surface area contributed by atoms with Crippen molar-refractivity contribution in [2.75, 3.05) is 19.8 Å². The van der Waals surface area contributed by atoms with Gasteiger partial charge in [0.15, 0.2) is 11.6 Å². The van der Waals surface area contributed by atoms with Crippen LogP contribution in [0.4, 0.5) is 4.39 Å². The Morgan fingerprint density at radius 2 is 2.35 bits per heavy atom. The zero-order valence-electron chi connectivity index (χ0n) is 10.2. The van der Waals surface area contributed by atoms with Gasteiger partial charge in [-0.15, -0.1) is 0 Å². The van der Waals surface area contributed by atoms with Gasteiger partial charge >= 0.3 is 0 Å². The minimum Gasteiger partial charge on any atom is -0.491 e. The number of morpholine rings is 1. The highest BCUT2D eigenvalue weighted by molar-refractivity contribution is 5.31. The van der Waals surface area contributed by atoms with Crippen LogP contribution in [0, 0.1) is 5.82 Å². The topological polar surface area (TPSA) is 30.5 Å². The van der Waals surface area contributed by atoms with E-state index in [9.17, 15) is 4.39 Å². The van der Waals surface area contributed by atoms with E-state index < -0.39 is 0 Å². The van der Waals surface area contributed by atoms with E-state index in [4.69, 9.17) is 9.47 Å². The van der Waals surface area contributed by atoms with Crippen LogP contribution in [0.3, 0.4) is 0 Å². The quantitative estimate of drug-likeness (QED) is 0.877. The molecule has 2 atom stereocenters. The highest BCUT2D eigenvalue weighted by Gasteiger charge is 2.23. The van der Waals surface area contributed by atoms with Crippen LogP contribution < -0.4 is 10.1 Å². The van der Waals surface area contributed by atoms with Gasteiger partial charge in [0.25, 0.3) is 0 Å². The van der Waals surface area contributed by atoms with Crippen molar-refractivity contribution in [3.63, 3.8) is 0 Å². The van der Waals surface area contributed by atoms with Crippen molar-refractivity contribution in [1.29, 1.82) is 0 Å². The molecular weight excluding hydrogens is 221 g/mol. The molecule has 2 unspecified atom stereocenters. The maximum atomic E-state index is 13.7. The minimum absolute atomic E-state index is 0.0499. The van der Waals surface area contributed by atoms with E-state index in [1.54, 1.807) is 6.07 Å². The van der Waals surface area contributed by atoms with Crippen LogP contribution in [0.2, 0.25) is 0 Å². The Bertz CT molecular complexity index is 384. The summed E-state index contributed by atoms with van der Waals surface area (Å²) in [5.41, 5.74) is 0.901. The van der Waals surface area contributed by atoms with Gasteiger partial charge in [-0.1, -0.05) is 6.07 Å². The molecule has 94 valence electrons. The number of rotatable bonds is 3. The van der Waals surface area contributed by atoms with Crippen molar-refractivity contribution in [1.82, 2.24) is 5.32 Å². The first-order chi connectivity index (χ1) is 8.22. The molecule has 17 heavy (non-hydrogen) atoms. The number of hydrogen-bond donors (Lipinski definition) is 1. The third-order valence-corrected chi connectivity index (χ3v) is 2.93. The van der Waals surface area contributed by atoms with E-state index in [1.165, 1.54) is 6.07 Å². The van der Waals surface area contributed by atoms with Crippen LogP contribution in [0.25, 0.3) is 0 Å². The zero-order valence-corrected chi connectivity index (χ0v) is 10.2. The Balaban J connectivity index is 2.18. The van der Waals surface area contributed by atoms with Crippen LogP contribution >= 0.6 is 0 Å². The van der Waals surface area contributed by atoms with E-state index >= 15 is 0 Å². The molecule has 1 aromatic carbocycles. The highest BCUT2D eigenvalue weighted by Crippen LogP contribution is 2.26. The summed E-state index contributed by atoms with van der Waals surface area (Å²) >= 11 is 0. The Hall–Kier alpha value is -1.13. The molecule has 0 radical (unpaired) electrons. The van der Waals surface area contributed by atoms with E-state index in [0.717, 1.165) is 12.1 Å². The Morgan fingerprint density at radius 1 is 1.53 bits per heavy atom. The lowest BCUT2D eigenvalue weighted by atomic mass is 10.0. The van der Waals surface area contributed by atoms with Crippen molar-refractivity contribution in [3.05, 3.63) is 29.6 Å². The Kier molecular flexibility index (Phi) is 3.97. The van der Waals surface area contributed by atoms with Gasteiger partial charge in [-0.2, -0.15) is 0 Å². The van der Waals surface area contributed by atoms with Gasteiger partial charge in [0, 0.05) is 6.54 Å². The summed E-state index contributed by atoms with van der Waals surface area (Å²) < 4.78 is 24.5. The van der Waals surface area contributed by atoms with Crippen LogP contribution in [-0.4, -0.2) is 25.9 Å². The van der Waals surface area contributed by atoms with Gasteiger partial charge in [0.1, 0.15) is 0 Å². The summed E-state index contributed by atoms with van der Waals surface area (Å²) in [4.78, 5) is 0. The molecule has 1 fully saturated rings. The van der Waals surface area contributed by atoms with Crippen LogP contribution in [0.15, 0.2) is 18.2 Å². The van der Waals surface area contributed by atoms with Crippen LogP contribution in [0.1, 0.15) is 25.5 Å². The van der Waals surface area contributed by atoms with E-state index in [1.807, 2.05) is 19.9 Å². The van der Waals surface area contributed by atoms with E-state index in [2.05, 4.69) is 5.32 Å². The van der Waals surface area contributed by atoms with Crippen molar-refractivity contribution in [3.8, 4) is 5.75 Å². The molecule has 0 bridgehead atoms. The summed E-state index contributed by atoms with van der Waals surface area (Å²) in [7, 11) is 0. The average molecular weight is 239 g/mol. The molecule has 2 rings (SSSR count). The van der Waals surface area contributed by atoms with Gasteiger partial charge in [0.05, 0.1) is 25.4 Å². The molecule has 0 saturated carbocycles. The third-order valence-electron chi connectivity index (χ3n) is 2.93. The first-order valence-electron chi connectivity index (χ1n) is 5.99. The predicted molar refractivity (Wildman–Crippen MR) is 63.7 cm³/mol. The lowest BCUT2D eigenvalue weighted by Gasteiger charge is -2.30. The van der Waals surface area contributed by atoms with Gasteiger partial charge in [-0.3, -0.25) is 0 Å². The molecule has 0 aliphatic carbocycles. The van der Waals surface area contributed by atoms with Gasteiger partial charge < -0.3 is 14.8 Å². The van der Waals surface area contributed by atoms with E-state index in [-0.39, 0.29) is 18.0 Å². The minimum atomic E-state index is -0.316. The van der Waals surface area contributed by atoms with E-state index in [0.29, 0.717) is 19.0 Å². The van der Waals surface area contributed by atoms with Gasteiger partial charge in [0.2, 0.25) is 0 Å². The van der Waals surface area contributed by atoms with Crippen molar-refractivity contribution >= 4 is 0 Å². The second-order valence-corrected chi connectivity index (χ2v) is 4.13. The second kappa shape index (κ2) is 5.47. The average Bonchev–Trinajstić information content (AvgIpc) is 2.33. The van der Waals surface area contributed by atoms with Crippen molar-refractivity contribution in [2.45, 2.75) is 26.0 Å². The Labute approximate surface area is 101 Å². The molecule has 1 N–H and O–H groups in total. The number of halogens is 1. The molecule has 0 aromatic heterocycles. The molecule has 1 aromatic rings. The van der Waals surface area contributed by atoms with Crippen molar-refractivity contribution < 1.29 is 13.9 Å². The van der Waals surface area contributed by atoms with Gasteiger partial charge in [-0.25, -0.2) is 4.39 Å². The summed E-state index contributed by atoms with van der Waals surface area (Å²) in [6.07, 6.45) is 0.0566. The fourth-order valence-electron chi connectivity index (χ4n) is 2.09. The van der Waals surface area contributed by atoms with Crippen molar-refractivity contribution in [2.24, 2.45) is 0 Å². The predicted octanol–water partition coefficient (Wildman–Crippen LogP) is 2.27. The number of ether oxygens (including phenoxy) is 2. The van der Waals surface area contributed by atoms with Crippen LogP contribution in [0.5, 0.6) is 5.75 Å². The number of hydrogen-bond acceptors (Lipinski definition) is 3. The molecule has 0 amide bonds. The summed E-state index contributed by atoms with van der Waals surface area (Å²) in [5.74, 6) is -0.00967. The number of nitrogens with one attached hydrogen (secondary N) is 1. The standard InChI is InChI=1S/C13H18FNO2/c1-3-16-12-5-4-10(8-11(12)14)13-9(2)17-7-6-15-13/h4-5,8-9,13,15H,3,6-7H2,1-2H3. The fraction of sp³-hybridized carbons (Fsp3) is 0.538. The second-order valence-electron chi connectivity index (χ2n) is 4.13. The lowest BCUT2D eigenvalue weighted by molar-refractivity contribution is 0.00747. The summed E-state index contributed by atoms with van der Waals surface area (Å²) in [5, 5.41) is 3.33. The lowest BCUT2D eigenvalue weighted by Crippen LogP contribution is -2.40. The largest absolute Gasteiger partial charge is 0.491 e. The third kappa shape index (κ3) is 2.76. The zero-order chi connectivity index (χ0) is 12.3. The van der Waals surface area contributed by atoms with Crippen LogP contribution in [-0.2, 0) is 4.74 Å². The Morgan fingerprint density at radius 3 is 3.00 bits per heavy atom. The fourth-order valence-corrected chi connectivity index (χ4v) is 2.09. The molecule has 1 aliphatic heterocycles. The smallest absolute Gasteiger partial charge is 0.165 e. The maximum Gasteiger partial charge on any atom is 0.165 e. The maximum absolute atomic E-state index is 13.7. The summed E-state index contributed by atoms with van der Waals surface area (Å²) in [6, 6.07) is 5.14.